The first-order valence-corrected chi connectivity index (χ1v) is 8.97. The van der Waals surface area contributed by atoms with Gasteiger partial charge >= 0.3 is 5.97 Å². The van der Waals surface area contributed by atoms with Gasteiger partial charge in [0.1, 0.15) is 6.61 Å². The van der Waals surface area contributed by atoms with E-state index in [4.69, 9.17) is 14.6 Å². The fourth-order valence-corrected chi connectivity index (χ4v) is 4.28. The molecule has 3 heterocycles. The van der Waals surface area contributed by atoms with Crippen molar-refractivity contribution in [2.24, 2.45) is 17.8 Å². The third-order valence-corrected chi connectivity index (χ3v) is 5.69. The van der Waals surface area contributed by atoms with Crippen LogP contribution in [0.5, 0.6) is 11.6 Å². The minimum Gasteiger partial charge on any atom is -0.484 e. The van der Waals surface area contributed by atoms with Crippen molar-refractivity contribution in [2.75, 3.05) is 19.7 Å². The van der Waals surface area contributed by atoms with Gasteiger partial charge in [-0.25, -0.2) is 4.98 Å². The average Bonchev–Trinajstić information content (AvgIpc) is 3.19. The molecule has 1 saturated heterocycles. The number of pyridine rings is 1. The highest BCUT2D eigenvalue weighted by Gasteiger charge is 2.59. The number of hydrogen-bond donors (Lipinski definition) is 1. The van der Waals surface area contributed by atoms with E-state index in [0.29, 0.717) is 30.1 Å². The summed E-state index contributed by atoms with van der Waals surface area (Å²) in [6.07, 6.45) is 1.55. The zero-order valence-electron chi connectivity index (χ0n) is 14.2. The SMILES string of the molecule is O=C(O)[C@H]1[C@@H]2CN(Cc3ccc([C@H]4COc5cccnc5O4)cc3)C[C@@H]21. The largest absolute Gasteiger partial charge is 0.484 e. The Morgan fingerprint density at radius 2 is 1.96 bits per heavy atom. The van der Waals surface area contributed by atoms with E-state index in [1.165, 1.54) is 5.56 Å². The quantitative estimate of drug-likeness (QED) is 0.911. The molecule has 1 aliphatic carbocycles. The van der Waals surface area contributed by atoms with Crippen LogP contribution in [-0.2, 0) is 11.3 Å². The summed E-state index contributed by atoms with van der Waals surface area (Å²) in [5.41, 5.74) is 2.30. The van der Waals surface area contributed by atoms with Crippen molar-refractivity contribution in [1.82, 2.24) is 9.88 Å². The molecule has 6 nitrogen and oxygen atoms in total. The van der Waals surface area contributed by atoms with Crippen molar-refractivity contribution in [2.45, 2.75) is 12.6 Å². The first kappa shape index (κ1) is 15.6. The number of benzene rings is 1. The van der Waals surface area contributed by atoms with Crippen molar-refractivity contribution in [3.63, 3.8) is 0 Å². The highest BCUT2D eigenvalue weighted by atomic mass is 16.6. The van der Waals surface area contributed by atoms with Crippen LogP contribution in [0.2, 0.25) is 0 Å². The number of carboxylic acid groups (broad SMARTS) is 1. The van der Waals surface area contributed by atoms with Gasteiger partial charge in [-0.3, -0.25) is 9.69 Å². The van der Waals surface area contributed by atoms with Crippen molar-refractivity contribution in [1.29, 1.82) is 0 Å². The lowest BCUT2D eigenvalue weighted by atomic mass is 10.1. The zero-order valence-corrected chi connectivity index (χ0v) is 14.2. The summed E-state index contributed by atoms with van der Waals surface area (Å²) < 4.78 is 11.7. The summed E-state index contributed by atoms with van der Waals surface area (Å²) in [5.74, 6) is 1.20. The molecule has 6 heteroatoms. The van der Waals surface area contributed by atoms with Crippen LogP contribution in [0, 0.1) is 17.8 Å². The van der Waals surface area contributed by atoms with Crippen molar-refractivity contribution >= 4 is 5.97 Å². The van der Waals surface area contributed by atoms with Crippen LogP contribution >= 0.6 is 0 Å². The van der Waals surface area contributed by atoms with Gasteiger partial charge in [-0.05, 0) is 35.1 Å². The van der Waals surface area contributed by atoms with E-state index >= 15 is 0 Å². The van der Waals surface area contributed by atoms with Gasteiger partial charge in [0.2, 0.25) is 0 Å². The maximum atomic E-state index is 11.1. The van der Waals surface area contributed by atoms with E-state index in [2.05, 4.69) is 34.1 Å². The predicted octanol–water partition coefficient (Wildman–Crippen LogP) is 2.36. The summed E-state index contributed by atoms with van der Waals surface area (Å²) in [4.78, 5) is 17.6. The number of likely N-dealkylation sites (tertiary alicyclic amines) is 1. The van der Waals surface area contributed by atoms with Crippen LogP contribution in [-0.4, -0.2) is 40.7 Å². The number of aliphatic carboxylic acids is 1. The second kappa shape index (κ2) is 5.99. The number of aromatic nitrogens is 1. The number of fused-ring (bicyclic) bond motifs is 2. The molecule has 2 aliphatic heterocycles. The fourth-order valence-electron chi connectivity index (χ4n) is 4.28. The molecule has 26 heavy (non-hydrogen) atoms. The monoisotopic (exact) mass is 352 g/mol. The Morgan fingerprint density at radius 1 is 1.19 bits per heavy atom. The highest BCUT2D eigenvalue weighted by molar-refractivity contribution is 5.74. The summed E-state index contributed by atoms with van der Waals surface area (Å²) >= 11 is 0. The fraction of sp³-hybridized carbons (Fsp3) is 0.400. The lowest BCUT2D eigenvalue weighted by Gasteiger charge is -2.26. The van der Waals surface area contributed by atoms with Crippen LogP contribution in [0.1, 0.15) is 17.2 Å². The molecule has 1 aromatic heterocycles. The molecule has 5 rings (SSSR count). The van der Waals surface area contributed by atoms with Gasteiger partial charge in [0, 0.05) is 25.8 Å². The number of hydrogen-bond acceptors (Lipinski definition) is 5. The summed E-state index contributed by atoms with van der Waals surface area (Å²) in [5, 5.41) is 9.11. The van der Waals surface area contributed by atoms with Crippen LogP contribution in [0.25, 0.3) is 0 Å². The zero-order chi connectivity index (χ0) is 17.7. The Labute approximate surface area is 151 Å². The number of piperidine rings is 1. The van der Waals surface area contributed by atoms with Crippen LogP contribution in [0.15, 0.2) is 42.6 Å². The summed E-state index contributed by atoms with van der Waals surface area (Å²) in [6.45, 7) is 3.13. The molecular weight excluding hydrogens is 332 g/mol. The molecule has 1 N–H and O–H groups in total. The normalized spacial score (nSPS) is 29.2. The second-order valence-electron chi connectivity index (χ2n) is 7.35. The number of rotatable bonds is 4. The van der Waals surface area contributed by atoms with Gasteiger partial charge in [0.15, 0.2) is 11.9 Å². The van der Waals surface area contributed by atoms with Gasteiger partial charge in [-0.15, -0.1) is 0 Å². The summed E-state index contributed by atoms with van der Waals surface area (Å²) in [7, 11) is 0. The predicted molar refractivity (Wildman–Crippen MR) is 92.9 cm³/mol. The topological polar surface area (TPSA) is 71.9 Å². The Hall–Kier alpha value is -2.60. The summed E-state index contributed by atoms with van der Waals surface area (Å²) in [6, 6.07) is 12.1. The Balaban J connectivity index is 1.20. The van der Waals surface area contributed by atoms with Crippen LogP contribution in [0.4, 0.5) is 0 Å². The molecule has 2 aromatic rings. The molecule has 0 unspecified atom stereocenters. The van der Waals surface area contributed by atoms with Crippen molar-refractivity contribution in [3.8, 4) is 11.6 Å². The van der Waals surface area contributed by atoms with E-state index in [9.17, 15) is 4.79 Å². The van der Waals surface area contributed by atoms with Gasteiger partial charge < -0.3 is 14.6 Å². The Morgan fingerprint density at radius 3 is 2.69 bits per heavy atom. The van der Waals surface area contributed by atoms with Gasteiger partial charge in [-0.1, -0.05) is 24.3 Å². The number of nitrogens with zero attached hydrogens (tertiary/aromatic N) is 2. The lowest BCUT2D eigenvalue weighted by molar-refractivity contribution is -0.139. The molecule has 2 fully saturated rings. The van der Waals surface area contributed by atoms with E-state index in [0.717, 1.165) is 25.2 Å². The number of ether oxygens (including phenoxy) is 2. The molecule has 0 radical (unpaired) electrons. The lowest BCUT2D eigenvalue weighted by Crippen LogP contribution is -2.26. The molecule has 0 bridgehead atoms. The molecule has 3 aliphatic rings. The maximum Gasteiger partial charge on any atom is 0.307 e. The number of carbonyl (C=O) groups is 1. The highest BCUT2D eigenvalue weighted by Crippen LogP contribution is 2.52. The van der Waals surface area contributed by atoms with E-state index in [1.54, 1.807) is 6.20 Å². The van der Waals surface area contributed by atoms with Crippen LogP contribution in [0.3, 0.4) is 0 Å². The minimum absolute atomic E-state index is 0.103. The third kappa shape index (κ3) is 2.70. The van der Waals surface area contributed by atoms with E-state index in [1.807, 2.05) is 12.1 Å². The smallest absolute Gasteiger partial charge is 0.307 e. The molecule has 4 atom stereocenters. The molecule has 1 aromatic carbocycles. The first-order valence-electron chi connectivity index (χ1n) is 8.97. The van der Waals surface area contributed by atoms with Crippen molar-refractivity contribution < 1.29 is 19.4 Å². The van der Waals surface area contributed by atoms with E-state index in [-0.39, 0.29) is 12.0 Å². The maximum absolute atomic E-state index is 11.1. The molecule has 134 valence electrons. The molecule has 1 saturated carbocycles. The second-order valence-corrected chi connectivity index (χ2v) is 7.35. The standard InChI is InChI=1S/C20H20N2O4/c23-20(24)18-14-9-22(10-15(14)18)8-12-3-5-13(6-4-12)17-11-25-16-2-1-7-21-19(16)26-17/h1-7,14-15,17-18H,8-11H2,(H,23,24)/t14-,15+,17-,18+/m1/s1. The van der Waals surface area contributed by atoms with Gasteiger partial charge in [0.05, 0.1) is 5.92 Å². The van der Waals surface area contributed by atoms with Crippen LogP contribution < -0.4 is 9.47 Å². The van der Waals surface area contributed by atoms with E-state index < -0.39 is 5.97 Å². The van der Waals surface area contributed by atoms with Gasteiger partial charge in [0.25, 0.3) is 5.88 Å². The molecule has 0 spiro atoms. The average molecular weight is 352 g/mol. The number of carboxylic acids is 1. The van der Waals surface area contributed by atoms with Crippen molar-refractivity contribution in [3.05, 3.63) is 53.7 Å². The van der Waals surface area contributed by atoms with Gasteiger partial charge in [-0.2, -0.15) is 0 Å². The minimum atomic E-state index is -0.630. The third-order valence-electron chi connectivity index (χ3n) is 5.69. The Kier molecular flexibility index (Phi) is 3.60. The Bertz CT molecular complexity index is 826. The molecular formula is C20H20N2O4. The molecule has 0 amide bonds. The first-order chi connectivity index (χ1) is 12.7.